The van der Waals surface area contributed by atoms with E-state index >= 15 is 0 Å². The van der Waals surface area contributed by atoms with E-state index in [2.05, 4.69) is 4.99 Å². The van der Waals surface area contributed by atoms with Crippen molar-refractivity contribution in [3.8, 4) is 0 Å². The van der Waals surface area contributed by atoms with Gasteiger partial charge in [-0.15, -0.1) is 0 Å². The van der Waals surface area contributed by atoms with E-state index in [0.717, 1.165) is 22.5 Å². The number of aliphatic imine (C=N–C) groups is 1. The number of hydrogen-bond acceptors (Lipinski definition) is 2. The van der Waals surface area contributed by atoms with Crippen LogP contribution >= 0.6 is 0 Å². The maximum absolute atomic E-state index is 12.3. The molecule has 0 saturated carbocycles. The van der Waals surface area contributed by atoms with Crippen molar-refractivity contribution >= 4 is 17.3 Å². The molecule has 0 bridgehead atoms. The molecule has 1 aliphatic rings. The SMILES string of the molecule is CC.CC.CC1N=C(c2ccccc2)c2ccccc2N(C)C1=O. The van der Waals surface area contributed by atoms with Gasteiger partial charge in [-0.1, -0.05) is 76.2 Å². The highest BCUT2D eigenvalue weighted by molar-refractivity contribution is 6.19. The minimum atomic E-state index is -0.373. The molecule has 0 N–H and O–H groups in total. The monoisotopic (exact) mass is 324 g/mol. The Morgan fingerprint density at radius 3 is 2.04 bits per heavy atom. The summed E-state index contributed by atoms with van der Waals surface area (Å²) < 4.78 is 0. The molecule has 0 spiro atoms. The zero-order valence-corrected chi connectivity index (χ0v) is 15.6. The highest BCUT2D eigenvalue weighted by Gasteiger charge is 2.26. The van der Waals surface area contributed by atoms with Crippen LogP contribution in [0.15, 0.2) is 59.6 Å². The number of fused-ring (bicyclic) bond motifs is 1. The molecular weight excluding hydrogens is 296 g/mol. The van der Waals surface area contributed by atoms with Crippen LogP contribution in [0.1, 0.15) is 45.7 Å². The van der Waals surface area contributed by atoms with E-state index in [4.69, 9.17) is 0 Å². The number of carbonyl (C=O) groups is 1. The molecule has 1 unspecified atom stereocenters. The molecule has 0 aromatic heterocycles. The number of amides is 1. The van der Waals surface area contributed by atoms with Gasteiger partial charge in [0.25, 0.3) is 5.91 Å². The minimum Gasteiger partial charge on any atom is -0.313 e. The molecule has 1 heterocycles. The van der Waals surface area contributed by atoms with E-state index < -0.39 is 0 Å². The summed E-state index contributed by atoms with van der Waals surface area (Å²) in [6.45, 7) is 9.84. The topological polar surface area (TPSA) is 32.7 Å². The van der Waals surface area contributed by atoms with Gasteiger partial charge in [0.15, 0.2) is 0 Å². The summed E-state index contributed by atoms with van der Waals surface area (Å²) in [7, 11) is 1.81. The Labute approximate surface area is 146 Å². The first kappa shape index (κ1) is 19.6. The lowest BCUT2D eigenvalue weighted by Crippen LogP contribution is -2.32. The lowest BCUT2D eigenvalue weighted by molar-refractivity contribution is -0.119. The lowest BCUT2D eigenvalue weighted by Gasteiger charge is -2.18. The molecule has 24 heavy (non-hydrogen) atoms. The number of benzene rings is 2. The Bertz CT molecular complexity index is 677. The second-order valence-electron chi connectivity index (χ2n) is 4.93. The molecule has 3 heteroatoms. The molecule has 1 atom stereocenters. The van der Waals surface area contributed by atoms with Crippen LogP contribution in [-0.2, 0) is 4.79 Å². The predicted molar refractivity (Wildman–Crippen MR) is 104 cm³/mol. The number of para-hydroxylation sites is 1. The van der Waals surface area contributed by atoms with E-state index in [0.29, 0.717) is 0 Å². The Kier molecular flexibility index (Phi) is 7.90. The number of hydrogen-bond donors (Lipinski definition) is 0. The van der Waals surface area contributed by atoms with Crippen LogP contribution in [0.3, 0.4) is 0 Å². The third-order valence-corrected chi connectivity index (χ3v) is 3.58. The molecule has 1 aliphatic heterocycles. The lowest BCUT2D eigenvalue weighted by atomic mass is 10.0. The van der Waals surface area contributed by atoms with E-state index in [1.54, 1.807) is 11.9 Å². The van der Waals surface area contributed by atoms with Crippen molar-refractivity contribution in [2.24, 2.45) is 4.99 Å². The summed E-state index contributed by atoms with van der Waals surface area (Å²) in [5.74, 6) is 0.0170. The predicted octanol–water partition coefficient (Wildman–Crippen LogP) is 4.94. The van der Waals surface area contributed by atoms with E-state index in [1.165, 1.54) is 0 Å². The molecular formula is C21H28N2O. The molecule has 0 aliphatic carbocycles. The van der Waals surface area contributed by atoms with Gasteiger partial charge < -0.3 is 4.90 Å². The highest BCUT2D eigenvalue weighted by atomic mass is 16.2. The summed E-state index contributed by atoms with van der Waals surface area (Å²) in [6, 6.07) is 17.5. The van der Waals surface area contributed by atoms with E-state index in [-0.39, 0.29) is 11.9 Å². The average molecular weight is 324 g/mol. The van der Waals surface area contributed by atoms with E-state index in [9.17, 15) is 4.79 Å². The highest BCUT2D eigenvalue weighted by Crippen LogP contribution is 2.27. The standard InChI is InChI=1S/C17H16N2O.2C2H6/c1-12-17(20)19(2)15-11-7-6-10-14(15)16(18-12)13-8-4-3-5-9-13;2*1-2/h3-12H,1-2H3;2*1-2H3. The smallest absolute Gasteiger partial charge is 0.251 e. The number of benzodiazepines with no additional fused rings is 1. The van der Waals surface area contributed by atoms with Crippen molar-refractivity contribution in [2.45, 2.75) is 40.7 Å². The first-order valence-electron chi connectivity index (χ1n) is 8.68. The molecule has 3 nitrogen and oxygen atoms in total. The molecule has 3 rings (SSSR count). The average Bonchev–Trinajstić information content (AvgIpc) is 2.77. The van der Waals surface area contributed by atoms with Gasteiger partial charge in [-0.05, 0) is 13.0 Å². The van der Waals surface area contributed by atoms with Crippen LogP contribution in [-0.4, -0.2) is 24.7 Å². The maximum Gasteiger partial charge on any atom is 0.251 e. The number of rotatable bonds is 1. The van der Waals surface area contributed by atoms with Crippen LogP contribution in [0.25, 0.3) is 0 Å². The van der Waals surface area contributed by atoms with E-state index in [1.807, 2.05) is 89.2 Å². The van der Waals surface area contributed by atoms with Crippen molar-refractivity contribution in [3.63, 3.8) is 0 Å². The Morgan fingerprint density at radius 2 is 1.42 bits per heavy atom. The van der Waals surface area contributed by atoms with Crippen molar-refractivity contribution in [2.75, 3.05) is 11.9 Å². The first-order chi connectivity index (χ1) is 11.7. The quantitative estimate of drug-likeness (QED) is 0.731. The summed E-state index contributed by atoms with van der Waals surface area (Å²) in [4.78, 5) is 18.6. The van der Waals surface area contributed by atoms with Gasteiger partial charge in [0, 0.05) is 18.2 Å². The number of carbonyl (C=O) groups excluding carboxylic acids is 1. The fraction of sp³-hybridized carbons (Fsp3) is 0.333. The van der Waals surface area contributed by atoms with Gasteiger partial charge in [-0.2, -0.15) is 0 Å². The number of nitrogens with zero attached hydrogens (tertiary/aromatic N) is 2. The fourth-order valence-corrected chi connectivity index (χ4v) is 2.51. The van der Waals surface area contributed by atoms with Crippen LogP contribution in [0, 0.1) is 0 Å². The van der Waals surface area contributed by atoms with Gasteiger partial charge in [0.05, 0.1) is 11.4 Å². The van der Waals surface area contributed by atoms with Crippen LogP contribution in [0.5, 0.6) is 0 Å². The first-order valence-corrected chi connectivity index (χ1v) is 8.68. The van der Waals surface area contributed by atoms with Crippen LogP contribution in [0.4, 0.5) is 5.69 Å². The third kappa shape index (κ3) is 4.10. The molecule has 0 saturated heterocycles. The largest absolute Gasteiger partial charge is 0.313 e. The van der Waals surface area contributed by atoms with Gasteiger partial charge in [0.1, 0.15) is 6.04 Å². The summed E-state index contributed by atoms with van der Waals surface area (Å²) in [6.07, 6.45) is 0. The summed E-state index contributed by atoms with van der Waals surface area (Å²) in [5.41, 5.74) is 3.82. The summed E-state index contributed by atoms with van der Waals surface area (Å²) in [5, 5.41) is 0. The van der Waals surface area contributed by atoms with Gasteiger partial charge in [0.2, 0.25) is 0 Å². The number of anilines is 1. The Hall–Kier alpha value is -2.42. The molecule has 0 fully saturated rings. The van der Waals surface area contributed by atoms with Crippen molar-refractivity contribution in [1.82, 2.24) is 0 Å². The Morgan fingerprint density at radius 1 is 0.875 bits per heavy atom. The normalized spacial score (nSPS) is 15.8. The Balaban J connectivity index is 0.000000671. The van der Waals surface area contributed by atoms with Crippen molar-refractivity contribution in [1.29, 1.82) is 0 Å². The maximum atomic E-state index is 12.3. The van der Waals surface area contributed by atoms with Gasteiger partial charge in [-0.3, -0.25) is 9.79 Å². The van der Waals surface area contributed by atoms with Crippen molar-refractivity contribution in [3.05, 3.63) is 65.7 Å². The fourth-order valence-electron chi connectivity index (χ4n) is 2.51. The zero-order valence-electron chi connectivity index (χ0n) is 15.6. The molecule has 128 valence electrons. The third-order valence-electron chi connectivity index (χ3n) is 3.58. The minimum absolute atomic E-state index is 0.0170. The molecule has 2 aromatic carbocycles. The molecule has 2 aromatic rings. The van der Waals surface area contributed by atoms with Gasteiger partial charge >= 0.3 is 0 Å². The molecule has 1 amide bonds. The summed E-state index contributed by atoms with van der Waals surface area (Å²) >= 11 is 0. The number of likely N-dealkylation sites (N-methyl/N-ethyl adjacent to an activating group) is 1. The second-order valence-corrected chi connectivity index (χ2v) is 4.93. The van der Waals surface area contributed by atoms with Crippen molar-refractivity contribution < 1.29 is 4.79 Å². The van der Waals surface area contributed by atoms with Gasteiger partial charge in [-0.25, -0.2) is 0 Å². The van der Waals surface area contributed by atoms with Crippen LogP contribution in [0.2, 0.25) is 0 Å². The van der Waals surface area contributed by atoms with Crippen LogP contribution < -0.4 is 4.90 Å². The zero-order chi connectivity index (χ0) is 18.1. The second kappa shape index (κ2) is 9.66. The molecule has 0 radical (unpaired) electrons.